The Balaban J connectivity index is 2.10. The van der Waals surface area contributed by atoms with Crippen LogP contribution in [0.2, 0.25) is 0 Å². The molecule has 24 heavy (non-hydrogen) atoms. The van der Waals surface area contributed by atoms with Crippen LogP contribution in [0.4, 0.5) is 4.39 Å². The standard InChI is InChI=1S/C16H19FN2O5/c1-9(20)19-8-11(21)7-14(19)15(22)18-13(16(23)24)6-10-4-2-3-5-12(10)17/h2-5,11,13-14,21H,6-8H2,1H3,(H,18,22)(H,23,24)/t11-,13+,14+/m1/s1. The van der Waals surface area contributed by atoms with Crippen LogP contribution in [0.25, 0.3) is 0 Å². The van der Waals surface area contributed by atoms with Crippen LogP contribution < -0.4 is 5.32 Å². The Morgan fingerprint density at radius 2 is 2.04 bits per heavy atom. The zero-order valence-corrected chi connectivity index (χ0v) is 13.1. The van der Waals surface area contributed by atoms with Crippen molar-refractivity contribution in [1.82, 2.24) is 10.2 Å². The van der Waals surface area contributed by atoms with Gasteiger partial charge >= 0.3 is 5.97 Å². The van der Waals surface area contributed by atoms with Crippen molar-refractivity contribution >= 4 is 17.8 Å². The predicted molar refractivity (Wildman–Crippen MR) is 81.5 cm³/mol. The van der Waals surface area contributed by atoms with Crippen LogP contribution in [0.5, 0.6) is 0 Å². The monoisotopic (exact) mass is 338 g/mol. The molecule has 3 N–H and O–H groups in total. The summed E-state index contributed by atoms with van der Waals surface area (Å²) >= 11 is 0. The summed E-state index contributed by atoms with van der Waals surface area (Å²) in [5.74, 6) is -2.92. The summed E-state index contributed by atoms with van der Waals surface area (Å²) in [6.07, 6.45) is -1.01. The van der Waals surface area contributed by atoms with E-state index >= 15 is 0 Å². The van der Waals surface area contributed by atoms with Crippen LogP contribution in [-0.4, -0.2) is 57.6 Å². The first-order valence-corrected chi connectivity index (χ1v) is 7.51. The van der Waals surface area contributed by atoms with E-state index in [2.05, 4.69) is 5.32 Å². The number of carbonyl (C=O) groups excluding carboxylic acids is 2. The van der Waals surface area contributed by atoms with Gasteiger partial charge in [0.15, 0.2) is 0 Å². The van der Waals surface area contributed by atoms with Gasteiger partial charge in [-0.15, -0.1) is 0 Å². The van der Waals surface area contributed by atoms with Crippen LogP contribution in [0, 0.1) is 5.82 Å². The quantitative estimate of drug-likeness (QED) is 0.696. The zero-order valence-electron chi connectivity index (χ0n) is 13.1. The minimum Gasteiger partial charge on any atom is -0.480 e. The Morgan fingerprint density at radius 3 is 2.62 bits per heavy atom. The number of halogens is 1. The van der Waals surface area contributed by atoms with Crippen LogP contribution in [0.3, 0.4) is 0 Å². The summed E-state index contributed by atoms with van der Waals surface area (Å²) in [6, 6.07) is 3.45. The highest BCUT2D eigenvalue weighted by atomic mass is 19.1. The molecule has 1 saturated heterocycles. The number of aliphatic hydroxyl groups excluding tert-OH is 1. The van der Waals surface area contributed by atoms with Crippen molar-refractivity contribution in [2.75, 3.05) is 6.54 Å². The third kappa shape index (κ3) is 4.08. The fourth-order valence-electron chi connectivity index (χ4n) is 2.76. The van der Waals surface area contributed by atoms with Crippen LogP contribution in [0.1, 0.15) is 18.9 Å². The smallest absolute Gasteiger partial charge is 0.326 e. The highest BCUT2D eigenvalue weighted by Gasteiger charge is 2.38. The van der Waals surface area contributed by atoms with Crippen molar-refractivity contribution in [1.29, 1.82) is 0 Å². The largest absolute Gasteiger partial charge is 0.480 e. The number of carboxylic acid groups (broad SMARTS) is 1. The van der Waals surface area contributed by atoms with E-state index in [4.69, 9.17) is 0 Å². The van der Waals surface area contributed by atoms with Crippen molar-refractivity contribution in [2.24, 2.45) is 0 Å². The Morgan fingerprint density at radius 1 is 1.38 bits per heavy atom. The molecule has 0 saturated carbocycles. The molecule has 0 bridgehead atoms. The van der Waals surface area contributed by atoms with Gasteiger partial charge in [0.25, 0.3) is 0 Å². The minimum atomic E-state index is -1.33. The number of nitrogens with zero attached hydrogens (tertiary/aromatic N) is 1. The van der Waals surface area contributed by atoms with Crippen molar-refractivity contribution < 1.29 is 29.0 Å². The average molecular weight is 338 g/mol. The first-order chi connectivity index (χ1) is 11.3. The summed E-state index contributed by atoms with van der Waals surface area (Å²) in [4.78, 5) is 36.4. The van der Waals surface area contributed by atoms with Gasteiger partial charge in [-0.3, -0.25) is 9.59 Å². The fraction of sp³-hybridized carbons (Fsp3) is 0.438. The lowest BCUT2D eigenvalue weighted by Gasteiger charge is -2.24. The van der Waals surface area contributed by atoms with Crippen LogP contribution >= 0.6 is 0 Å². The van der Waals surface area contributed by atoms with Gasteiger partial charge in [0.05, 0.1) is 6.10 Å². The van der Waals surface area contributed by atoms with Crippen molar-refractivity contribution in [3.63, 3.8) is 0 Å². The number of β-amino-alcohol motifs (C(OH)–C–C–N with tert-alkyl or cyclic N) is 1. The summed E-state index contributed by atoms with van der Waals surface area (Å²) in [5.41, 5.74) is 0.167. The topological polar surface area (TPSA) is 107 Å². The third-order valence-electron chi connectivity index (χ3n) is 3.98. The fourth-order valence-corrected chi connectivity index (χ4v) is 2.76. The molecular weight excluding hydrogens is 319 g/mol. The third-order valence-corrected chi connectivity index (χ3v) is 3.98. The van der Waals surface area contributed by atoms with Gasteiger partial charge in [0.2, 0.25) is 11.8 Å². The molecule has 1 fully saturated rings. The summed E-state index contributed by atoms with van der Waals surface area (Å²) in [6.45, 7) is 1.30. The Hall–Kier alpha value is -2.48. The maximum atomic E-state index is 13.7. The SMILES string of the molecule is CC(=O)N1C[C@H](O)C[C@H]1C(=O)N[C@@H](Cc1ccccc1F)C(=O)O. The molecule has 8 heteroatoms. The molecule has 0 aromatic heterocycles. The molecule has 0 aliphatic carbocycles. The van der Waals surface area contributed by atoms with Crippen molar-refractivity contribution in [3.8, 4) is 0 Å². The van der Waals surface area contributed by atoms with E-state index in [9.17, 15) is 29.0 Å². The van der Waals surface area contributed by atoms with E-state index < -0.39 is 35.9 Å². The molecule has 0 radical (unpaired) electrons. The van der Waals surface area contributed by atoms with Gasteiger partial charge in [0, 0.05) is 26.3 Å². The highest BCUT2D eigenvalue weighted by molar-refractivity contribution is 5.90. The van der Waals surface area contributed by atoms with Gasteiger partial charge in [-0.1, -0.05) is 18.2 Å². The van der Waals surface area contributed by atoms with Gasteiger partial charge < -0.3 is 20.4 Å². The number of hydrogen-bond acceptors (Lipinski definition) is 4. The molecule has 130 valence electrons. The molecule has 1 aromatic carbocycles. The number of carbonyl (C=O) groups is 3. The van der Waals surface area contributed by atoms with Crippen molar-refractivity contribution in [2.45, 2.75) is 38.0 Å². The lowest BCUT2D eigenvalue weighted by Crippen LogP contribution is -2.51. The number of aliphatic hydroxyl groups is 1. The molecule has 0 spiro atoms. The molecular formula is C16H19FN2O5. The summed E-state index contributed by atoms with van der Waals surface area (Å²) in [7, 11) is 0. The van der Waals surface area contributed by atoms with Gasteiger partial charge in [0.1, 0.15) is 17.9 Å². The summed E-state index contributed by atoms with van der Waals surface area (Å²) in [5, 5.41) is 21.2. The van der Waals surface area contributed by atoms with E-state index in [-0.39, 0.29) is 30.9 Å². The van der Waals surface area contributed by atoms with Crippen LogP contribution in [-0.2, 0) is 20.8 Å². The Kier molecular flexibility index (Phi) is 5.50. The summed E-state index contributed by atoms with van der Waals surface area (Å²) < 4.78 is 13.7. The number of benzene rings is 1. The normalized spacial score (nSPS) is 21.4. The van der Waals surface area contributed by atoms with E-state index in [0.29, 0.717) is 0 Å². The Bertz CT molecular complexity index is 651. The molecule has 1 heterocycles. The zero-order chi connectivity index (χ0) is 17.9. The molecule has 1 aromatic rings. The molecule has 3 atom stereocenters. The number of hydrogen-bond donors (Lipinski definition) is 3. The second-order valence-electron chi connectivity index (χ2n) is 5.77. The first kappa shape index (κ1) is 17.9. The molecule has 1 aliphatic rings. The maximum absolute atomic E-state index is 13.7. The second kappa shape index (κ2) is 7.39. The van der Waals surface area contributed by atoms with E-state index in [1.807, 2.05) is 0 Å². The highest BCUT2D eigenvalue weighted by Crippen LogP contribution is 2.19. The van der Waals surface area contributed by atoms with Gasteiger partial charge in [-0.25, -0.2) is 9.18 Å². The number of nitrogens with one attached hydrogen (secondary N) is 1. The first-order valence-electron chi connectivity index (χ1n) is 7.51. The van der Waals surface area contributed by atoms with Crippen molar-refractivity contribution in [3.05, 3.63) is 35.6 Å². The second-order valence-corrected chi connectivity index (χ2v) is 5.77. The number of amides is 2. The molecule has 0 unspecified atom stereocenters. The van der Waals surface area contributed by atoms with Gasteiger partial charge in [-0.2, -0.15) is 0 Å². The molecule has 2 rings (SSSR count). The van der Waals surface area contributed by atoms with Crippen LogP contribution in [0.15, 0.2) is 24.3 Å². The number of aliphatic carboxylic acids is 1. The molecule has 7 nitrogen and oxygen atoms in total. The van der Waals surface area contributed by atoms with Gasteiger partial charge in [-0.05, 0) is 11.6 Å². The number of likely N-dealkylation sites (tertiary alicyclic amines) is 1. The van der Waals surface area contributed by atoms with E-state index in [1.165, 1.54) is 30.0 Å². The number of carboxylic acids is 1. The molecule has 2 amide bonds. The average Bonchev–Trinajstić information content (AvgIpc) is 2.91. The lowest BCUT2D eigenvalue weighted by atomic mass is 10.0. The predicted octanol–water partition coefficient (Wildman–Crippen LogP) is -0.0807. The Labute approximate surface area is 138 Å². The lowest BCUT2D eigenvalue weighted by molar-refractivity contribution is -0.143. The molecule has 1 aliphatic heterocycles. The van der Waals surface area contributed by atoms with E-state index in [1.54, 1.807) is 6.07 Å². The maximum Gasteiger partial charge on any atom is 0.326 e. The number of rotatable bonds is 5. The van der Waals surface area contributed by atoms with E-state index in [0.717, 1.165) is 0 Å². The minimum absolute atomic E-state index is 0.0263.